The molecular weight excluding hydrogens is 324 g/mol. The molecule has 2 rings (SSSR count). The summed E-state index contributed by atoms with van der Waals surface area (Å²) in [6, 6.07) is 10.4. The molecule has 7 heteroatoms. The summed E-state index contributed by atoms with van der Waals surface area (Å²) in [5, 5.41) is 0. The number of anilines is 1. The first-order chi connectivity index (χ1) is 11.3. The first-order valence-electron chi connectivity index (χ1n) is 7.20. The summed E-state index contributed by atoms with van der Waals surface area (Å²) < 4.78 is 50.8. The number of nitrogens with two attached hydrogens (primary N) is 1. The van der Waals surface area contributed by atoms with E-state index in [2.05, 4.69) is 0 Å². The van der Waals surface area contributed by atoms with Crippen LogP contribution in [-0.2, 0) is 17.5 Å². The SMILES string of the molecule is NC(=O)CCN(Cc1ccc(C(F)(F)F)cc1)c1ccc(F)cc1. The monoisotopic (exact) mass is 340 g/mol. The number of benzene rings is 2. The summed E-state index contributed by atoms with van der Waals surface area (Å²) in [7, 11) is 0. The van der Waals surface area contributed by atoms with Gasteiger partial charge in [0.25, 0.3) is 0 Å². The number of amides is 1. The minimum atomic E-state index is -4.39. The van der Waals surface area contributed by atoms with Crippen LogP contribution in [0.15, 0.2) is 48.5 Å². The molecule has 128 valence electrons. The second kappa shape index (κ2) is 7.33. The molecule has 0 radical (unpaired) electrons. The van der Waals surface area contributed by atoms with Crippen molar-refractivity contribution in [3.8, 4) is 0 Å². The Bertz CT molecular complexity index is 681. The van der Waals surface area contributed by atoms with Gasteiger partial charge in [0.1, 0.15) is 5.82 Å². The van der Waals surface area contributed by atoms with Crippen LogP contribution in [0.4, 0.5) is 23.2 Å². The summed E-state index contributed by atoms with van der Waals surface area (Å²) in [6.07, 6.45) is -4.31. The molecule has 0 spiro atoms. The van der Waals surface area contributed by atoms with Crippen molar-refractivity contribution in [1.29, 1.82) is 0 Å². The summed E-state index contributed by atoms with van der Waals surface area (Å²) in [6.45, 7) is 0.555. The number of rotatable bonds is 6. The zero-order valence-corrected chi connectivity index (χ0v) is 12.7. The minimum Gasteiger partial charge on any atom is -0.370 e. The second-order valence-corrected chi connectivity index (χ2v) is 5.31. The van der Waals surface area contributed by atoms with E-state index in [0.717, 1.165) is 12.1 Å². The zero-order chi connectivity index (χ0) is 17.7. The van der Waals surface area contributed by atoms with Gasteiger partial charge in [-0.15, -0.1) is 0 Å². The van der Waals surface area contributed by atoms with E-state index in [-0.39, 0.29) is 19.5 Å². The molecule has 0 saturated heterocycles. The number of halogens is 4. The Hall–Kier alpha value is -2.57. The number of nitrogens with zero attached hydrogens (tertiary/aromatic N) is 1. The molecule has 0 aromatic heterocycles. The third kappa shape index (κ3) is 4.97. The molecule has 0 aliphatic carbocycles. The van der Waals surface area contributed by atoms with E-state index in [9.17, 15) is 22.4 Å². The fraction of sp³-hybridized carbons (Fsp3) is 0.235. The van der Waals surface area contributed by atoms with Crippen molar-refractivity contribution in [2.45, 2.75) is 19.1 Å². The van der Waals surface area contributed by atoms with Crippen molar-refractivity contribution in [3.05, 3.63) is 65.5 Å². The van der Waals surface area contributed by atoms with E-state index in [1.54, 1.807) is 17.0 Å². The first kappa shape index (κ1) is 17.8. The van der Waals surface area contributed by atoms with Crippen LogP contribution in [0.25, 0.3) is 0 Å². The molecular formula is C17H16F4N2O. The van der Waals surface area contributed by atoms with Crippen LogP contribution in [0.5, 0.6) is 0 Å². The molecule has 0 bridgehead atoms. The van der Waals surface area contributed by atoms with Gasteiger partial charge in [0, 0.05) is 25.2 Å². The Morgan fingerprint density at radius 2 is 1.58 bits per heavy atom. The van der Waals surface area contributed by atoms with Crippen LogP contribution in [0.3, 0.4) is 0 Å². The van der Waals surface area contributed by atoms with Crippen LogP contribution < -0.4 is 10.6 Å². The van der Waals surface area contributed by atoms with Gasteiger partial charge in [-0.25, -0.2) is 4.39 Å². The van der Waals surface area contributed by atoms with E-state index in [4.69, 9.17) is 5.73 Å². The maximum Gasteiger partial charge on any atom is 0.416 e. The predicted molar refractivity (Wildman–Crippen MR) is 82.7 cm³/mol. The molecule has 0 unspecified atom stereocenters. The third-order valence-electron chi connectivity index (χ3n) is 3.47. The lowest BCUT2D eigenvalue weighted by Crippen LogP contribution is -2.27. The fourth-order valence-electron chi connectivity index (χ4n) is 2.22. The van der Waals surface area contributed by atoms with Crippen molar-refractivity contribution >= 4 is 11.6 Å². The minimum absolute atomic E-state index is 0.0814. The number of hydrogen-bond acceptors (Lipinski definition) is 2. The molecule has 0 saturated carbocycles. The highest BCUT2D eigenvalue weighted by Crippen LogP contribution is 2.29. The van der Waals surface area contributed by atoms with Gasteiger partial charge in [0.2, 0.25) is 5.91 Å². The Balaban J connectivity index is 2.18. The van der Waals surface area contributed by atoms with Gasteiger partial charge < -0.3 is 10.6 Å². The molecule has 1 amide bonds. The van der Waals surface area contributed by atoms with E-state index >= 15 is 0 Å². The van der Waals surface area contributed by atoms with Crippen molar-refractivity contribution < 1.29 is 22.4 Å². The molecule has 0 aliphatic heterocycles. The van der Waals surface area contributed by atoms with Crippen LogP contribution in [0.1, 0.15) is 17.5 Å². The summed E-state index contributed by atoms with van der Waals surface area (Å²) in [5.41, 5.74) is 5.71. The number of carbonyl (C=O) groups is 1. The first-order valence-corrected chi connectivity index (χ1v) is 7.20. The lowest BCUT2D eigenvalue weighted by molar-refractivity contribution is -0.137. The van der Waals surface area contributed by atoms with Crippen LogP contribution in [0, 0.1) is 5.82 Å². The van der Waals surface area contributed by atoms with Gasteiger partial charge in [-0.3, -0.25) is 4.79 Å². The Morgan fingerprint density at radius 1 is 1.00 bits per heavy atom. The molecule has 2 aromatic rings. The van der Waals surface area contributed by atoms with Gasteiger partial charge in [-0.05, 0) is 42.0 Å². The third-order valence-corrected chi connectivity index (χ3v) is 3.47. The Morgan fingerprint density at radius 3 is 2.08 bits per heavy atom. The normalized spacial score (nSPS) is 11.3. The van der Waals surface area contributed by atoms with Gasteiger partial charge >= 0.3 is 6.18 Å². The van der Waals surface area contributed by atoms with Crippen LogP contribution in [-0.4, -0.2) is 12.5 Å². The molecule has 0 aliphatic rings. The maximum atomic E-state index is 13.0. The average Bonchev–Trinajstić information content (AvgIpc) is 2.52. The van der Waals surface area contributed by atoms with Crippen molar-refractivity contribution in [2.24, 2.45) is 5.73 Å². The zero-order valence-electron chi connectivity index (χ0n) is 12.7. The van der Waals surface area contributed by atoms with E-state index in [1.165, 1.54) is 24.3 Å². The highest BCUT2D eigenvalue weighted by atomic mass is 19.4. The molecule has 0 atom stereocenters. The van der Waals surface area contributed by atoms with Crippen molar-refractivity contribution in [3.63, 3.8) is 0 Å². The Labute approximate surface area is 136 Å². The second-order valence-electron chi connectivity index (χ2n) is 5.31. The largest absolute Gasteiger partial charge is 0.416 e. The molecule has 0 heterocycles. The molecule has 3 nitrogen and oxygen atoms in total. The quantitative estimate of drug-likeness (QED) is 0.815. The van der Waals surface area contributed by atoms with Gasteiger partial charge in [-0.1, -0.05) is 12.1 Å². The lowest BCUT2D eigenvalue weighted by atomic mass is 10.1. The van der Waals surface area contributed by atoms with Crippen LogP contribution in [0.2, 0.25) is 0 Å². The van der Waals surface area contributed by atoms with Crippen molar-refractivity contribution in [1.82, 2.24) is 0 Å². The molecule has 2 N–H and O–H groups in total. The number of primary amides is 1. The molecule has 24 heavy (non-hydrogen) atoms. The summed E-state index contributed by atoms with van der Waals surface area (Å²) in [5.74, 6) is -0.891. The fourth-order valence-corrected chi connectivity index (χ4v) is 2.22. The predicted octanol–water partition coefficient (Wildman–Crippen LogP) is 3.73. The molecule has 0 fully saturated rings. The topological polar surface area (TPSA) is 46.3 Å². The average molecular weight is 340 g/mol. The number of hydrogen-bond donors (Lipinski definition) is 1. The van der Waals surface area contributed by atoms with Gasteiger partial charge in [-0.2, -0.15) is 13.2 Å². The van der Waals surface area contributed by atoms with Crippen LogP contribution >= 0.6 is 0 Å². The van der Waals surface area contributed by atoms with E-state index < -0.39 is 23.5 Å². The number of alkyl halides is 3. The standard InChI is InChI=1S/C17H16F4N2O/c18-14-5-7-15(8-6-14)23(10-9-16(22)24)11-12-1-3-13(4-2-12)17(19,20)21/h1-8H,9-11H2,(H2,22,24). The van der Waals surface area contributed by atoms with Crippen molar-refractivity contribution in [2.75, 3.05) is 11.4 Å². The summed E-state index contributed by atoms with van der Waals surface area (Å²) >= 11 is 0. The maximum absolute atomic E-state index is 13.0. The smallest absolute Gasteiger partial charge is 0.370 e. The van der Waals surface area contributed by atoms with Gasteiger partial charge in [0.05, 0.1) is 5.56 Å². The highest BCUT2D eigenvalue weighted by molar-refractivity contribution is 5.74. The Kier molecular flexibility index (Phi) is 5.43. The summed E-state index contributed by atoms with van der Waals surface area (Å²) in [4.78, 5) is 12.8. The van der Waals surface area contributed by atoms with E-state index in [1.807, 2.05) is 0 Å². The van der Waals surface area contributed by atoms with E-state index in [0.29, 0.717) is 11.3 Å². The lowest BCUT2D eigenvalue weighted by Gasteiger charge is -2.24. The molecule has 2 aromatic carbocycles. The van der Waals surface area contributed by atoms with Gasteiger partial charge in [0.15, 0.2) is 0 Å². The number of carbonyl (C=O) groups excluding carboxylic acids is 1. The highest BCUT2D eigenvalue weighted by Gasteiger charge is 2.29.